The predicted molar refractivity (Wildman–Crippen MR) is 104 cm³/mol. The van der Waals surface area contributed by atoms with Gasteiger partial charge in [-0.3, -0.25) is 9.59 Å². The van der Waals surface area contributed by atoms with Gasteiger partial charge in [-0.1, -0.05) is 13.0 Å². The van der Waals surface area contributed by atoms with Gasteiger partial charge < -0.3 is 14.8 Å². The predicted octanol–water partition coefficient (Wildman–Crippen LogP) is 2.27. The molecule has 1 aliphatic rings. The molecule has 0 bridgehead atoms. The lowest BCUT2D eigenvalue weighted by atomic mass is 10.1. The molecule has 0 aromatic heterocycles. The molecule has 9 heteroatoms. The van der Waals surface area contributed by atoms with Gasteiger partial charge in [0.05, 0.1) is 37.3 Å². The Morgan fingerprint density at radius 3 is 2.50 bits per heavy atom. The van der Waals surface area contributed by atoms with Crippen LogP contribution in [0.5, 0.6) is 11.5 Å². The van der Waals surface area contributed by atoms with Crippen LogP contribution in [-0.4, -0.2) is 40.2 Å². The van der Waals surface area contributed by atoms with Crippen LogP contribution < -0.4 is 19.1 Å². The number of carbonyl (C=O) groups excluding carboxylic acids is 2. The minimum absolute atomic E-state index is 0.142. The molecule has 2 aromatic carbocycles. The van der Waals surface area contributed by atoms with E-state index in [9.17, 15) is 18.0 Å². The molecule has 148 valence electrons. The Morgan fingerprint density at radius 2 is 1.89 bits per heavy atom. The zero-order valence-electron chi connectivity index (χ0n) is 15.6. The Labute approximate surface area is 163 Å². The molecule has 1 heterocycles. The maximum absolute atomic E-state index is 12.7. The van der Waals surface area contributed by atoms with Gasteiger partial charge in [0.15, 0.2) is 0 Å². The van der Waals surface area contributed by atoms with Gasteiger partial charge >= 0.3 is 0 Å². The van der Waals surface area contributed by atoms with E-state index in [1.165, 1.54) is 38.5 Å². The molecule has 1 aliphatic heterocycles. The molecule has 1 unspecified atom stereocenters. The van der Waals surface area contributed by atoms with Crippen LogP contribution in [0.3, 0.4) is 0 Å². The summed E-state index contributed by atoms with van der Waals surface area (Å²) in [6.07, 6.45) is 0. The number of rotatable bonds is 5. The van der Waals surface area contributed by atoms with Crippen molar-refractivity contribution in [2.45, 2.75) is 6.92 Å². The first kappa shape index (κ1) is 19.7. The molecule has 0 radical (unpaired) electrons. The fourth-order valence-corrected chi connectivity index (χ4v) is 4.77. The first-order chi connectivity index (χ1) is 13.3. The summed E-state index contributed by atoms with van der Waals surface area (Å²) in [7, 11) is -0.751. The summed E-state index contributed by atoms with van der Waals surface area (Å²) in [6, 6.07) is 10.9. The Hall–Kier alpha value is -3.07. The fraction of sp³-hybridized carbons (Fsp3) is 0.263. The number of hydrogen-bond acceptors (Lipinski definition) is 6. The third-order valence-electron chi connectivity index (χ3n) is 4.36. The highest BCUT2D eigenvalue weighted by Crippen LogP contribution is 2.31. The zero-order valence-corrected chi connectivity index (χ0v) is 16.4. The highest BCUT2D eigenvalue weighted by Gasteiger charge is 2.42. The van der Waals surface area contributed by atoms with Gasteiger partial charge in [0.1, 0.15) is 11.5 Å². The molecule has 1 N–H and O–H groups in total. The zero-order chi connectivity index (χ0) is 20.5. The number of anilines is 2. The van der Waals surface area contributed by atoms with Crippen molar-refractivity contribution in [1.29, 1.82) is 0 Å². The smallest absolute Gasteiger partial charge is 0.255 e. The number of nitrogens with zero attached hydrogens (tertiary/aromatic N) is 1. The van der Waals surface area contributed by atoms with E-state index in [1.54, 1.807) is 25.1 Å². The van der Waals surface area contributed by atoms with E-state index in [0.29, 0.717) is 17.2 Å². The Kier molecular flexibility index (Phi) is 5.28. The van der Waals surface area contributed by atoms with Gasteiger partial charge in [-0.15, -0.1) is 0 Å². The van der Waals surface area contributed by atoms with E-state index in [4.69, 9.17) is 9.47 Å². The summed E-state index contributed by atoms with van der Waals surface area (Å²) >= 11 is 0. The van der Waals surface area contributed by atoms with Crippen LogP contribution in [0.15, 0.2) is 42.5 Å². The average molecular weight is 404 g/mol. The van der Waals surface area contributed by atoms with Crippen LogP contribution in [-0.2, 0) is 14.8 Å². The van der Waals surface area contributed by atoms with Crippen LogP contribution in [0.1, 0.15) is 17.3 Å². The summed E-state index contributed by atoms with van der Waals surface area (Å²) in [5, 5.41) is 2.72. The molecule has 2 amide bonds. The maximum Gasteiger partial charge on any atom is 0.255 e. The summed E-state index contributed by atoms with van der Waals surface area (Å²) in [4.78, 5) is 24.9. The molecular formula is C19H20N2O6S. The lowest BCUT2D eigenvalue weighted by molar-refractivity contribution is -0.119. The Morgan fingerprint density at radius 1 is 1.14 bits per heavy atom. The summed E-state index contributed by atoms with van der Waals surface area (Å²) in [5.41, 5.74) is 0.777. The van der Waals surface area contributed by atoms with Crippen LogP contribution >= 0.6 is 0 Å². The molecule has 0 saturated carbocycles. The van der Waals surface area contributed by atoms with Gasteiger partial charge in [-0.05, 0) is 30.3 Å². The summed E-state index contributed by atoms with van der Waals surface area (Å²) < 4.78 is 35.7. The number of nitrogens with one attached hydrogen (secondary N) is 1. The largest absolute Gasteiger partial charge is 0.497 e. The van der Waals surface area contributed by atoms with E-state index in [-0.39, 0.29) is 17.0 Å². The van der Waals surface area contributed by atoms with Crippen molar-refractivity contribution in [1.82, 2.24) is 0 Å². The van der Waals surface area contributed by atoms with Crippen LogP contribution in [0, 0.1) is 5.92 Å². The van der Waals surface area contributed by atoms with Crippen molar-refractivity contribution in [3.63, 3.8) is 0 Å². The SMILES string of the molecule is COc1ccc(NC(=O)c2cccc(N3C(=O)C(C)CS3(=O)=O)c2)c(OC)c1. The number of hydrogen-bond donors (Lipinski definition) is 1. The van der Waals surface area contributed by atoms with Gasteiger partial charge in [0.2, 0.25) is 15.9 Å². The highest BCUT2D eigenvalue weighted by molar-refractivity contribution is 7.94. The second-order valence-corrected chi connectivity index (χ2v) is 8.22. The van der Waals surface area contributed by atoms with Crippen molar-refractivity contribution < 1.29 is 27.5 Å². The molecule has 1 atom stereocenters. The lowest BCUT2D eigenvalue weighted by Gasteiger charge is -2.16. The van der Waals surface area contributed by atoms with Gasteiger partial charge in [0.25, 0.3) is 5.91 Å². The molecule has 0 spiro atoms. The molecule has 28 heavy (non-hydrogen) atoms. The van der Waals surface area contributed by atoms with Crippen LogP contribution in [0.2, 0.25) is 0 Å². The number of amides is 2. The normalized spacial score (nSPS) is 18.0. The summed E-state index contributed by atoms with van der Waals surface area (Å²) in [6.45, 7) is 1.56. The van der Waals surface area contributed by atoms with Crippen molar-refractivity contribution in [2.75, 3.05) is 29.6 Å². The van der Waals surface area contributed by atoms with Crippen LogP contribution in [0.4, 0.5) is 11.4 Å². The van der Waals surface area contributed by atoms with Crippen molar-refractivity contribution in [3.05, 3.63) is 48.0 Å². The monoisotopic (exact) mass is 404 g/mol. The molecule has 1 saturated heterocycles. The number of ether oxygens (including phenoxy) is 2. The Balaban J connectivity index is 1.89. The average Bonchev–Trinajstić information content (AvgIpc) is 2.88. The van der Waals surface area contributed by atoms with Gasteiger partial charge in [0, 0.05) is 11.6 Å². The first-order valence-electron chi connectivity index (χ1n) is 8.47. The summed E-state index contributed by atoms with van der Waals surface area (Å²) in [5.74, 6) is -0.854. The topological polar surface area (TPSA) is 102 Å². The van der Waals surface area contributed by atoms with E-state index < -0.39 is 27.8 Å². The minimum Gasteiger partial charge on any atom is -0.497 e. The molecule has 3 rings (SSSR count). The minimum atomic E-state index is -3.74. The van der Waals surface area contributed by atoms with E-state index in [0.717, 1.165) is 4.31 Å². The number of methoxy groups -OCH3 is 2. The van der Waals surface area contributed by atoms with Gasteiger partial charge in [-0.25, -0.2) is 12.7 Å². The lowest BCUT2D eigenvalue weighted by Crippen LogP contribution is -2.30. The number of carbonyl (C=O) groups is 2. The number of sulfonamides is 1. The maximum atomic E-state index is 12.7. The molecule has 8 nitrogen and oxygen atoms in total. The van der Waals surface area contributed by atoms with Gasteiger partial charge in [-0.2, -0.15) is 0 Å². The standard InChI is InChI=1S/C19H20N2O6S/c1-12-11-28(24,25)21(19(12)23)14-6-4-5-13(9-14)18(22)20-16-8-7-15(26-2)10-17(16)27-3/h4-10,12H,11H2,1-3H3,(H,20,22). The quantitative estimate of drug-likeness (QED) is 0.820. The van der Waals surface area contributed by atoms with Crippen molar-refractivity contribution in [2.24, 2.45) is 5.92 Å². The molecule has 2 aromatic rings. The second kappa shape index (κ2) is 7.51. The molecule has 0 aliphatic carbocycles. The van der Waals surface area contributed by atoms with Crippen LogP contribution in [0.25, 0.3) is 0 Å². The second-order valence-electron chi connectivity index (χ2n) is 6.35. The fourth-order valence-electron chi connectivity index (χ4n) is 2.96. The number of benzene rings is 2. The third kappa shape index (κ3) is 3.65. The van der Waals surface area contributed by atoms with Crippen molar-refractivity contribution in [3.8, 4) is 11.5 Å². The van der Waals surface area contributed by atoms with E-state index in [2.05, 4.69) is 5.32 Å². The third-order valence-corrected chi connectivity index (χ3v) is 6.23. The highest BCUT2D eigenvalue weighted by atomic mass is 32.2. The van der Waals surface area contributed by atoms with E-state index in [1.807, 2.05) is 0 Å². The van der Waals surface area contributed by atoms with Crippen molar-refractivity contribution >= 4 is 33.2 Å². The van der Waals surface area contributed by atoms with E-state index >= 15 is 0 Å². The molecular weight excluding hydrogens is 384 g/mol. The molecule has 1 fully saturated rings. The Bertz CT molecular complexity index is 1030. The first-order valence-corrected chi connectivity index (χ1v) is 10.1.